The maximum absolute atomic E-state index is 12.6. The van der Waals surface area contributed by atoms with E-state index < -0.39 is 19.0 Å². The van der Waals surface area contributed by atoms with Crippen LogP contribution in [0.1, 0.15) is 26.3 Å². The van der Waals surface area contributed by atoms with Gasteiger partial charge >= 0.3 is 13.1 Å². The van der Waals surface area contributed by atoms with Crippen molar-refractivity contribution < 1.29 is 24.4 Å². The second-order valence-electron chi connectivity index (χ2n) is 6.59. The first kappa shape index (κ1) is 17.2. The predicted octanol–water partition coefficient (Wildman–Crippen LogP) is 1.63. The Labute approximate surface area is 155 Å². The lowest BCUT2D eigenvalue weighted by Crippen LogP contribution is -2.53. The van der Waals surface area contributed by atoms with Gasteiger partial charge in [0.1, 0.15) is 5.75 Å². The molecule has 3 N–H and O–H groups in total. The first-order valence-corrected chi connectivity index (χ1v) is 8.50. The highest BCUT2D eigenvalue weighted by Crippen LogP contribution is 2.30. The fraction of sp³-hybridized carbons (Fsp3) is 0.158. The zero-order valence-electron chi connectivity index (χ0n) is 14.5. The summed E-state index contributed by atoms with van der Waals surface area (Å²) >= 11 is 0. The molecule has 136 valence electrons. The highest BCUT2D eigenvalue weighted by Gasteiger charge is 2.37. The molecule has 3 aromatic rings. The van der Waals surface area contributed by atoms with E-state index in [4.69, 9.17) is 4.65 Å². The van der Waals surface area contributed by atoms with Crippen LogP contribution in [0.5, 0.6) is 5.75 Å². The van der Waals surface area contributed by atoms with Crippen molar-refractivity contribution in [3.63, 3.8) is 0 Å². The zero-order chi connectivity index (χ0) is 19.1. The Morgan fingerprint density at radius 2 is 2.07 bits per heavy atom. The minimum Gasteiger partial charge on any atom is -0.534 e. The van der Waals surface area contributed by atoms with Gasteiger partial charge in [-0.15, -0.1) is 0 Å². The molecule has 0 aliphatic carbocycles. The molecular weight excluding hydrogens is 347 g/mol. The average Bonchev–Trinajstić information content (AvgIpc) is 3.02. The Kier molecular flexibility index (Phi) is 4.12. The molecule has 0 radical (unpaired) electrons. The largest absolute Gasteiger partial charge is 0.547 e. The van der Waals surface area contributed by atoms with Crippen LogP contribution in [0.4, 0.5) is 0 Å². The summed E-state index contributed by atoms with van der Waals surface area (Å²) in [6, 6.07) is 12.1. The maximum atomic E-state index is 12.6. The number of para-hydroxylation sites is 1. The number of carboxylic acid groups (broad SMARTS) is 1. The fourth-order valence-corrected chi connectivity index (χ4v) is 3.37. The Hall–Kier alpha value is -3.26. The van der Waals surface area contributed by atoms with Gasteiger partial charge in [-0.1, -0.05) is 18.2 Å². The SMILES string of the molecule is Cn1ccc2ccc(C(=O)N[C@H]3Cc4cccc(C(=O)O)c4OB3O)cc21. The van der Waals surface area contributed by atoms with E-state index in [-0.39, 0.29) is 23.6 Å². The number of carbonyl (C=O) groups excluding carboxylic acids is 1. The van der Waals surface area contributed by atoms with Gasteiger partial charge in [0.05, 0.1) is 11.5 Å². The third-order valence-corrected chi connectivity index (χ3v) is 4.82. The Bertz CT molecular complexity index is 1060. The lowest BCUT2D eigenvalue weighted by molar-refractivity contribution is 0.0693. The van der Waals surface area contributed by atoms with Gasteiger partial charge in [0, 0.05) is 24.3 Å². The number of benzene rings is 2. The summed E-state index contributed by atoms with van der Waals surface area (Å²) in [5.41, 5.74) is 2.02. The number of aromatic nitrogens is 1. The van der Waals surface area contributed by atoms with Crippen molar-refractivity contribution >= 4 is 29.9 Å². The van der Waals surface area contributed by atoms with E-state index in [1.807, 2.05) is 29.9 Å². The van der Waals surface area contributed by atoms with Crippen LogP contribution in [0.25, 0.3) is 10.9 Å². The normalized spacial score (nSPS) is 15.9. The van der Waals surface area contributed by atoms with E-state index in [0.29, 0.717) is 11.1 Å². The molecule has 2 heterocycles. The molecule has 1 amide bonds. The minimum atomic E-state index is -1.33. The minimum absolute atomic E-state index is 0.00881. The molecule has 0 unspecified atom stereocenters. The van der Waals surface area contributed by atoms with Gasteiger partial charge in [-0.3, -0.25) is 4.79 Å². The van der Waals surface area contributed by atoms with Crippen LogP contribution in [0.2, 0.25) is 0 Å². The number of hydrogen-bond donors (Lipinski definition) is 3. The zero-order valence-corrected chi connectivity index (χ0v) is 14.5. The molecule has 27 heavy (non-hydrogen) atoms. The molecule has 7 nitrogen and oxygen atoms in total. The van der Waals surface area contributed by atoms with Crippen molar-refractivity contribution in [2.75, 3.05) is 0 Å². The standard InChI is InChI=1S/C19H17BN2O5/c1-22-8-7-11-5-6-13(9-15(11)22)18(23)21-16-10-12-3-2-4-14(19(24)25)17(12)27-20(16)26/h2-9,16,26H,10H2,1H3,(H,21,23)(H,24,25)/t16-/m0/s1. The summed E-state index contributed by atoms with van der Waals surface area (Å²) in [6.07, 6.45) is 2.19. The van der Waals surface area contributed by atoms with Crippen LogP contribution in [0.15, 0.2) is 48.7 Å². The number of carboxylic acids is 1. The Morgan fingerprint density at radius 3 is 2.85 bits per heavy atom. The topological polar surface area (TPSA) is 101 Å². The lowest BCUT2D eigenvalue weighted by Gasteiger charge is -2.28. The molecule has 0 spiro atoms. The smallest absolute Gasteiger partial charge is 0.534 e. The molecule has 0 bridgehead atoms. The van der Waals surface area contributed by atoms with Crippen molar-refractivity contribution in [1.82, 2.24) is 9.88 Å². The van der Waals surface area contributed by atoms with Crippen LogP contribution < -0.4 is 9.97 Å². The fourth-order valence-electron chi connectivity index (χ4n) is 3.37. The highest BCUT2D eigenvalue weighted by atomic mass is 16.5. The quantitative estimate of drug-likeness (QED) is 0.614. The summed E-state index contributed by atoms with van der Waals surface area (Å²) in [5.74, 6) is -1.99. The van der Waals surface area contributed by atoms with Gasteiger partial charge in [-0.05, 0) is 41.6 Å². The number of nitrogens with one attached hydrogen (secondary N) is 1. The number of hydrogen-bond acceptors (Lipinski definition) is 4. The van der Waals surface area contributed by atoms with Crippen LogP contribution in [0, 0.1) is 0 Å². The Morgan fingerprint density at radius 1 is 1.26 bits per heavy atom. The van der Waals surface area contributed by atoms with Crippen LogP contribution in [0.3, 0.4) is 0 Å². The summed E-state index contributed by atoms with van der Waals surface area (Å²) < 4.78 is 7.33. The molecule has 0 saturated carbocycles. The average molecular weight is 364 g/mol. The first-order valence-electron chi connectivity index (χ1n) is 8.50. The molecule has 1 aromatic heterocycles. The van der Waals surface area contributed by atoms with Gasteiger partial charge in [0.2, 0.25) is 0 Å². The molecule has 1 atom stereocenters. The summed E-state index contributed by atoms with van der Waals surface area (Å²) in [4.78, 5) is 23.9. The second kappa shape index (κ2) is 6.48. The van der Waals surface area contributed by atoms with E-state index in [0.717, 1.165) is 10.9 Å². The van der Waals surface area contributed by atoms with Crippen LogP contribution in [-0.2, 0) is 13.5 Å². The monoisotopic (exact) mass is 364 g/mol. The van der Waals surface area contributed by atoms with Gasteiger partial charge < -0.3 is 24.7 Å². The molecule has 4 rings (SSSR count). The molecule has 1 aliphatic rings. The molecular formula is C19H17BN2O5. The predicted molar refractivity (Wildman–Crippen MR) is 99.9 cm³/mol. The number of nitrogens with zero attached hydrogens (tertiary/aromatic N) is 1. The van der Waals surface area contributed by atoms with Crippen molar-refractivity contribution in [3.8, 4) is 5.75 Å². The van der Waals surface area contributed by atoms with Crippen LogP contribution >= 0.6 is 0 Å². The van der Waals surface area contributed by atoms with E-state index >= 15 is 0 Å². The van der Waals surface area contributed by atoms with E-state index in [1.165, 1.54) is 6.07 Å². The van der Waals surface area contributed by atoms with Crippen molar-refractivity contribution in [1.29, 1.82) is 0 Å². The second-order valence-corrected chi connectivity index (χ2v) is 6.59. The van der Waals surface area contributed by atoms with E-state index in [9.17, 15) is 19.7 Å². The third-order valence-electron chi connectivity index (χ3n) is 4.82. The number of rotatable bonds is 3. The molecule has 8 heteroatoms. The van der Waals surface area contributed by atoms with Gasteiger partial charge in [-0.2, -0.15) is 0 Å². The van der Waals surface area contributed by atoms with Gasteiger partial charge in [0.25, 0.3) is 5.91 Å². The number of amides is 1. The summed E-state index contributed by atoms with van der Waals surface area (Å²) in [6.45, 7) is 0. The van der Waals surface area contributed by atoms with Gasteiger partial charge in [0.15, 0.2) is 0 Å². The Balaban J connectivity index is 1.57. The van der Waals surface area contributed by atoms with Crippen LogP contribution in [-0.4, -0.2) is 39.6 Å². The molecule has 2 aromatic carbocycles. The number of aromatic carboxylic acids is 1. The summed E-state index contributed by atoms with van der Waals surface area (Å²) in [7, 11) is 0.570. The van der Waals surface area contributed by atoms with Crippen molar-refractivity contribution in [3.05, 3.63) is 65.4 Å². The summed E-state index contributed by atoms with van der Waals surface area (Å²) in [5, 5.41) is 23.3. The molecule has 1 aliphatic heterocycles. The maximum Gasteiger partial charge on any atom is 0.547 e. The van der Waals surface area contributed by atoms with Crippen molar-refractivity contribution in [2.45, 2.75) is 12.4 Å². The van der Waals surface area contributed by atoms with E-state index in [1.54, 1.807) is 24.3 Å². The van der Waals surface area contributed by atoms with E-state index in [2.05, 4.69) is 5.32 Å². The number of fused-ring (bicyclic) bond motifs is 2. The highest BCUT2D eigenvalue weighted by molar-refractivity contribution is 6.47. The number of aryl methyl sites for hydroxylation is 1. The molecule has 0 saturated heterocycles. The van der Waals surface area contributed by atoms with Crippen molar-refractivity contribution in [2.24, 2.45) is 7.05 Å². The van der Waals surface area contributed by atoms with Gasteiger partial charge in [-0.25, -0.2) is 4.79 Å². The number of carbonyl (C=O) groups is 2. The first-order chi connectivity index (χ1) is 12.9. The lowest BCUT2D eigenvalue weighted by atomic mass is 9.72. The third kappa shape index (κ3) is 3.04. The molecule has 0 fully saturated rings.